The highest BCUT2D eigenvalue weighted by molar-refractivity contribution is 5.75. The number of hydrogen-bond acceptors (Lipinski definition) is 2. The largest absolute Gasteiger partial charge is 0.397 e. The van der Waals surface area contributed by atoms with Gasteiger partial charge in [-0.25, -0.2) is 0 Å². The summed E-state index contributed by atoms with van der Waals surface area (Å²) in [6, 6.07) is 8.78. The van der Waals surface area contributed by atoms with Gasteiger partial charge in [0.25, 0.3) is 0 Å². The molecule has 0 fully saturated rings. The summed E-state index contributed by atoms with van der Waals surface area (Å²) in [5, 5.41) is 3.53. The Labute approximate surface area is 146 Å². The van der Waals surface area contributed by atoms with Gasteiger partial charge in [-0.15, -0.1) is 0 Å². The van der Waals surface area contributed by atoms with Crippen molar-refractivity contribution in [1.29, 1.82) is 0 Å². The van der Waals surface area contributed by atoms with E-state index >= 15 is 0 Å². The van der Waals surface area contributed by atoms with Crippen molar-refractivity contribution in [3.8, 4) is 0 Å². The fourth-order valence-corrected chi connectivity index (χ4v) is 3.43. The monoisotopic (exact) mass is 322 g/mol. The van der Waals surface area contributed by atoms with Crippen LogP contribution in [0.25, 0.3) is 5.70 Å². The highest BCUT2D eigenvalue weighted by Crippen LogP contribution is 2.39. The molecule has 1 aromatic carbocycles. The molecule has 2 rings (SSSR count). The molecule has 3 N–H and O–H groups in total. The Kier molecular flexibility index (Phi) is 5.71. The average molecular weight is 322 g/mol. The molecule has 0 saturated carbocycles. The summed E-state index contributed by atoms with van der Waals surface area (Å²) in [5.74, 6) is 0.919. The normalized spacial score (nSPS) is 24.3. The second-order valence-corrected chi connectivity index (χ2v) is 7.08. The van der Waals surface area contributed by atoms with Crippen LogP contribution in [-0.2, 0) is 0 Å². The standard InChI is InChI=1S/C22H30N2/c1-7-16-13-20(14(3)4)18-11-9-10-12-19(18)21(23)22(17(16)8-2)24-15(5)6/h7-12,14-15,20,24H,1-2,13,23H2,3-6H3/b17-16-,22-21-. The molecule has 0 bridgehead atoms. The number of nitrogens with one attached hydrogen (secondary N) is 1. The van der Waals surface area contributed by atoms with Gasteiger partial charge in [-0.2, -0.15) is 0 Å². The van der Waals surface area contributed by atoms with Crippen LogP contribution in [0.4, 0.5) is 0 Å². The molecule has 0 saturated heterocycles. The predicted molar refractivity (Wildman–Crippen MR) is 105 cm³/mol. The Morgan fingerprint density at radius 3 is 2.33 bits per heavy atom. The minimum absolute atomic E-state index is 0.284. The van der Waals surface area contributed by atoms with Gasteiger partial charge in [0.1, 0.15) is 0 Å². The summed E-state index contributed by atoms with van der Waals surface area (Å²) >= 11 is 0. The summed E-state index contributed by atoms with van der Waals surface area (Å²) in [6.45, 7) is 16.9. The first-order valence-corrected chi connectivity index (χ1v) is 8.74. The molecule has 0 aromatic heterocycles. The summed E-state index contributed by atoms with van der Waals surface area (Å²) in [4.78, 5) is 0. The lowest BCUT2D eigenvalue weighted by Crippen LogP contribution is -2.28. The van der Waals surface area contributed by atoms with Crippen LogP contribution in [0.2, 0.25) is 0 Å². The first kappa shape index (κ1) is 18.1. The maximum absolute atomic E-state index is 6.65. The molecule has 2 heteroatoms. The topological polar surface area (TPSA) is 38.0 Å². The van der Waals surface area contributed by atoms with Crippen molar-refractivity contribution in [2.45, 2.75) is 46.1 Å². The van der Waals surface area contributed by atoms with Gasteiger partial charge >= 0.3 is 0 Å². The molecule has 0 radical (unpaired) electrons. The van der Waals surface area contributed by atoms with Crippen LogP contribution in [-0.4, -0.2) is 6.04 Å². The van der Waals surface area contributed by atoms with E-state index in [1.54, 1.807) is 0 Å². The molecule has 1 aromatic rings. The zero-order valence-corrected chi connectivity index (χ0v) is 15.4. The molecule has 1 unspecified atom stereocenters. The van der Waals surface area contributed by atoms with E-state index < -0.39 is 0 Å². The molecular weight excluding hydrogens is 292 g/mol. The van der Waals surface area contributed by atoms with Crippen molar-refractivity contribution in [3.63, 3.8) is 0 Å². The summed E-state index contributed by atoms with van der Waals surface area (Å²) in [6.07, 6.45) is 4.80. The molecule has 1 aliphatic carbocycles. The molecule has 24 heavy (non-hydrogen) atoms. The quantitative estimate of drug-likeness (QED) is 0.789. The maximum atomic E-state index is 6.65. The molecule has 128 valence electrons. The Balaban J connectivity index is 2.81. The Hall–Kier alpha value is -2.22. The predicted octanol–water partition coefficient (Wildman–Crippen LogP) is 5.12. The SMILES string of the molecule is C=C/C1=C(C=C)/C(NC(C)C)=C(/N)c2ccccc2C(C(C)C)C1. The van der Waals surface area contributed by atoms with Gasteiger partial charge in [0.2, 0.25) is 0 Å². The van der Waals surface area contributed by atoms with Crippen LogP contribution in [0, 0.1) is 5.92 Å². The van der Waals surface area contributed by atoms with Crippen molar-refractivity contribution in [1.82, 2.24) is 5.32 Å². The fraction of sp³-hybridized carbons (Fsp3) is 0.364. The third kappa shape index (κ3) is 3.48. The molecule has 0 amide bonds. The molecule has 1 atom stereocenters. The Morgan fingerprint density at radius 2 is 1.79 bits per heavy atom. The summed E-state index contributed by atoms with van der Waals surface area (Å²) in [7, 11) is 0. The van der Waals surface area contributed by atoms with Crippen molar-refractivity contribution in [3.05, 3.63) is 77.5 Å². The molecule has 0 spiro atoms. The third-order valence-corrected chi connectivity index (χ3v) is 4.66. The van der Waals surface area contributed by atoms with Crippen LogP contribution in [0.3, 0.4) is 0 Å². The lowest BCUT2D eigenvalue weighted by Gasteiger charge is -2.30. The van der Waals surface area contributed by atoms with Crippen LogP contribution in [0.5, 0.6) is 0 Å². The minimum atomic E-state index is 0.284. The van der Waals surface area contributed by atoms with Gasteiger partial charge in [-0.3, -0.25) is 0 Å². The number of fused-ring (bicyclic) bond motifs is 1. The Morgan fingerprint density at radius 1 is 1.12 bits per heavy atom. The van der Waals surface area contributed by atoms with Gasteiger partial charge in [0.15, 0.2) is 0 Å². The van der Waals surface area contributed by atoms with Crippen molar-refractivity contribution < 1.29 is 0 Å². The van der Waals surface area contributed by atoms with E-state index in [1.165, 1.54) is 11.1 Å². The lowest BCUT2D eigenvalue weighted by molar-refractivity contribution is 0.494. The number of hydrogen-bond donors (Lipinski definition) is 2. The van der Waals surface area contributed by atoms with E-state index in [-0.39, 0.29) is 6.04 Å². The average Bonchev–Trinajstić information content (AvgIpc) is 2.55. The molecule has 0 heterocycles. The van der Waals surface area contributed by atoms with E-state index in [1.807, 2.05) is 12.2 Å². The third-order valence-electron chi connectivity index (χ3n) is 4.66. The van der Waals surface area contributed by atoms with Gasteiger partial charge in [-0.1, -0.05) is 63.4 Å². The van der Waals surface area contributed by atoms with E-state index in [2.05, 4.69) is 70.4 Å². The molecule has 1 aliphatic rings. The van der Waals surface area contributed by atoms with Crippen molar-refractivity contribution in [2.24, 2.45) is 11.7 Å². The summed E-state index contributed by atoms with van der Waals surface area (Å²) in [5.41, 5.74) is 13.1. The molecular formula is C22H30N2. The zero-order chi connectivity index (χ0) is 17.9. The smallest absolute Gasteiger partial charge is 0.0658 e. The summed E-state index contributed by atoms with van der Waals surface area (Å²) < 4.78 is 0. The number of rotatable bonds is 5. The van der Waals surface area contributed by atoms with Crippen LogP contribution in [0.15, 0.2) is 66.4 Å². The van der Waals surface area contributed by atoms with Crippen molar-refractivity contribution in [2.75, 3.05) is 0 Å². The first-order valence-electron chi connectivity index (χ1n) is 8.74. The number of benzene rings is 1. The molecule has 2 nitrogen and oxygen atoms in total. The lowest BCUT2D eigenvalue weighted by atomic mass is 9.77. The second kappa shape index (κ2) is 7.57. The van der Waals surface area contributed by atoms with Crippen molar-refractivity contribution >= 4 is 5.70 Å². The van der Waals surface area contributed by atoms with Gasteiger partial charge in [-0.05, 0) is 43.2 Å². The highest BCUT2D eigenvalue weighted by atomic mass is 14.9. The fourth-order valence-electron chi connectivity index (χ4n) is 3.43. The zero-order valence-electron chi connectivity index (χ0n) is 15.4. The second-order valence-electron chi connectivity index (χ2n) is 7.08. The maximum Gasteiger partial charge on any atom is 0.0658 e. The van der Waals surface area contributed by atoms with Crippen LogP contribution < -0.4 is 11.1 Å². The van der Waals surface area contributed by atoms with E-state index in [0.717, 1.165) is 29.0 Å². The number of allylic oxidation sites excluding steroid dienone is 3. The van der Waals surface area contributed by atoms with Crippen LogP contribution in [0.1, 0.15) is 51.2 Å². The first-order chi connectivity index (χ1) is 11.4. The molecule has 0 aliphatic heterocycles. The minimum Gasteiger partial charge on any atom is -0.397 e. The van der Waals surface area contributed by atoms with E-state index in [9.17, 15) is 0 Å². The van der Waals surface area contributed by atoms with E-state index in [4.69, 9.17) is 5.73 Å². The van der Waals surface area contributed by atoms with Gasteiger partial charge in [0.05, 0.1) is 11.4 Å². The highest BCUT2D eigenvalue weighted by Gasteiger charge is 2.26. The van der Waals surface area contributed by atoms with Gasteiger partial charge < -0.3 is 11.1 Å². The van der Waals surface area contributed by atoms with E-state index in [0.29, 0.717) is 11.8 Å². The van der Waals surface area contributed by atoms with Crippen LogP contribution >= 0.6 is 0 Å². The number of nitrogens with two attached hydrogens (primary N) is 1. The Bertz CT molecular complexity index is 690. The van der Waals surface area contributed by atoms with Gasteiger partial charge in [0, 0.05) is 17.2 Å².